The number of ether oxygens (including phenoxy) is 1. The molecule has 0 heterocycles. The largest absolute Gasteiger partial charge is 0.399 e. The maximum atomic E-state index is 6.23. The van der Waals surface area contributed by atoms with Crippen molar-refractivity contribution in [1.82, 2.24) is 0 Å². The fourth-order valence-electron chi connectivity index (χ4n) is 3.32. The molecule has 0 spiro atoms. The molecule has 1 saturated carbocycles. The van der Waals surface area contributed by atoms with Gasteiger partial charge in [0.05, 0.1) is 12.7 Å². The van der Waals surface area contributed by atoms with Crippen molar-refractivity contribution >= 4 is 5.69 Å². The van der Waals surface area contributed by atoms with Crippen LogP contribution in [0.4, 0.5) is 5.69 Å². The smallest absolute Gasteiger partial charge is 0.0608 e. The molecule has 2 rings (SSSR count). The number of rotatable bonds is 5. The fraction of sp³-hybridized carbons (Fsp3) is 0.667. The Morgan fingerprint density at radius 2 is 1.90 bits per heavy atom. The van der Waals surface area contributed by atoms with E-state index in [0.29, 0.717) is 6.10 Å². The van der Waals surface area contributed by atoms with Crippen molar-refractivity contribution in [2.75, 3.05) is 12.3 Å². The van der Waals surface area contributed by atoms with Gasteiger partial charge < -0.3 is 10.5 Å². The minimum atomic E-state index is 0.451. The first kappa shape index (κ1) is 15.4. The molecule has 2 N–H and O–H groups in total. The average Bonchev–Trinajstić information content (AvgIpc) is 2.41. The van der Waals surface area contributed by atoms with Crippen LogP contribution in [0.25, 0.3) is 0 Å². The topological polar surface area (TPSA) is 35.2 Å². The first-order valence-electron chi connectivity index (χ1n) is 8.02. The molecule has 1 aromatic carbocycles. The highest BCUT2D eigenvalue weighted by molar-refractivity contribution is 5.39. The Hall–Kier alpha value is -1.02. The van der Waals surface area contributed by atoms with Gasteiger partial charge in [0.2, 0.25) is 0 Å². The molecule has 0 aromatic heterocycles. The van der Waals surface area contributed by atoms with Crippen LogP contribution < -0.4 is 5.73 Å². The second-order valence-corrected chi connectivity index (χ2v) is 6.73. The molecule has 0 amide bonds. The summed E-state index contributed by atoms with van der Waals surface area (Å²) in [6.07, 6.45) is 5.35. The van der Waals surface area contributed by atoms with Gasteiger partial charge in [-0.05, 0) is 54.7 Å². The summed E-state index contributed by atoms with van der Waals surface area (Å²) in [4.78, 5) is 0. The van der Waals surface area contributed by atoms with Crippen LogP contribution in [0.5, 0.6) is 0 Å². The van der Waals surface area contributed by atoms with Crippen molar-refractivity contribution in [3.8, 4) is 0 Å². The molecule has 3 atom stereocenters. The average molecular weight is 275 g/mol. The lowest BCUT2D eigenvalue weighted by Crippen LogP contribution is -2.34. The van der Waals surface area contributed by atoms with Crippen LogP contribution in [0, 0.1) is 17.8 Å². The van der Waals surface area contributed by atoms with Gasteiger partial charge >= 0.3 is 0 Å². The molecule has 0 bridgehead atoms. The lowest BCUT2D eigenvalue weighted by atomic mass is 9.75. The van der Waals surface area contributed by atoms with Crippen molar-refractivity contribution in [2.45, 2.75) is 52.6 Å². The van der Waals surface area contributed by atoms with E-state index in [2.05, 4.69) is 32.9 Å². The second-order valence-electron chi connectivity index (χ2n) is 6.73. The Kier molecular flexibility index (Phi) is 5.47. The monoisotopic (exact) mass is 275 g/mol. The molecule has 1 aliphatic carbocycles. The number of hydrogen-bond acceptors (Lipinski definition) is 2. The third kappa shape index (κ3) is 4.24. The number of nitrogen functional groups attached to an aromatic ring is 1. The zero-order valence-electron chi connectivity index (χ0n) is 13.1. The molecule has 0 saturated heterocycles. The second kappa shape index (κ2) is 7.12. The van der Waals surface area contributed by atoms with Gasteiger partial charge in [0, 0.05) is 5.69 Å². The number of benzene rings is 1. The normalized spacial score (nSPS) is 26.9. The summed E-state index contributed by atoms with van der Waals surface area (Å²) < 4.78 is 6.23. The fourth-order valence-corrected chi connectivity index (χ4v) is 3.32. The van der Waals surface area contributed by atoms with E-state index in [1.165, 1.54) is 24.8 Å². The maximum Gasteiger partial charge on any atom is 0.0608 e. The SMILES string of the molecule is CC1CCC(C(C)C)C(OCCc2ccc(N)cc2)C1. The van der Waals surface area contributed by atoms with Crippen LogP contribution >= 0.6 is 0 Å². The molecule has 112 valence electrons. The van der Waals surface area contributed by atoms with Crippen molar-refractivity contribution in [2.24, 2.45) is 17.8 Å². The van der Waals surface area contributed by atoms with Crippen LogP contribution in [0.1, 0.15) is 45.6 Å². The molecule has 1 aliphatic rings. The number of anilines is 1. The predicted molar refractivity (Wildman–Crippen MR) is 85.6 cm³/mol. The Labute approximate surface area is 123 Å². The third-order valence-electron chi connectivity index (χ3n) is 4.66. The number of hydrogen-bond donors (Lipinski definition) is 1. The highest BCUT2D eigenvalue weighted by Gasteiger charge is 2.31. The molecule has 1 aromatic rings. The Balaban J connectivity index is 1.83. The molecule has 1 fully saturated rings. The quantitative estimate of drug-likeness (QED) is 0.814. The van der Waals surface area contributed by atoms with E-state index in [1.54, 1.807) is 0 Å². The Morgan fingerprint density at radius 1 is 1.20 bits per heavy atom. The Morgan fingerprint density at radius 3 is 2.55 bits per heavy atom. The van der Waals surface area contributed by atoms with E-state index in [4.69, 9.17) is 10.5 Å². The summed E-state index contributed by atoms with van der Waals surface area (Å²) in [5, 5.41) is 0. The van der Waals surface area contributed by atoms with Crippen LogP contribution in [0.3, 0.4) is 0 Å². The highest BCUT2D eigenvalue weighted by atomic mass is 16.5. The van der Waals surface area contributed by atoms with Gasteiger partial charge in [0.1, 0.15) is 0 Å². The molecule has 2 nitrogen and oxygen atoms in total. The van der Waals surface area contributed by atoms with Gasteiger partial charge in [-0.15, -0.1) is 0 Å². The van der Waals surface area contributed by atoms with Crippen molar-refractivity contribution in [3.63, 3.8) is 0 Å². The van der Waals surface area contributed by atoms with E-state index in [1.807, 2.05) is 12.1 Å². The van der Waals surface area contributed by atoms with E-state index in [9.17, 15) is 0 Å². The lowest BCUT2D eigenvalue weighted by Gasteiger charge is -2.37. The van der Waals surface area contributed by atoms with Crippen LogP contribution in [-0.4, -0.2) is 12.7 Å². The summed E-state index contributed by atoms with van der Waals surface area (Å²) in [6.45, 7) is 7.84. The third-order valence-corrected chi connectivity index (χ3v) is 4.66. The minimum Gasteiger partial charge on any atom is -0.399 e. The van der Waals surface area contributed by atoms with Crippen LogP contribution in [0.2, 0.25) is 0 Å². The molecular weight excluding hydrogens is 246 g/mol. The Bertz CT molecular complexity index is 398. The van der Waals surface area contributed by atoms with Crippen LogP contribution in [0.15, 0.2) is 24.3 Å². The van der Waals surface area contributed by atoms with E-state index >= 15 is 0 Å². The molecule has 0 radical (unpaired) electrons. The standard InChI is InChI=1S/C18H29NO/c1-13(2)17-9-4-14(3)12-18(17)20-11-10-15-5-7-16(19)8-6-15/h5-8,13-14,17-18H,4,9-12,19H2,1-3H3. The highest BCUT2D eigenvalue weighted by Crippen LogP contribution is 2.35. The van der Waals surface area contributed by atoms with Gasteiger partial charge in [-0.3, -0.25) is 0 Å². The summed E-state index contributed by atoms with van der Waals surface area (Å²) in [5.41, 5.74) is 7.85. The summed E-state index contributed by atoms with van der Waals surface area (Å²) in [6, 6.07) is 8.13. The zero-order chi connectivity index (χ0) is 14.5. The zero-order valence-corrected chi connectivity index (χ0v) is 13.1. The maximum absolute atomic E-state index is 6.23. The first-order chi connectivity index (χ1) is 9.56. The predicted octanol–water partition coefficient (Wildman–Crippen LogP) is 4.29. The molecule has 0 aliphatic heterocycles. The van der Waals surface area contributed by atoms with Gasteiger partial charge in [-0.25, -0.2) is 0 Å². The summed E-state index contributed by atoms with van der Waals surface area (Å²) in [7, 11) is 0. The van der Waals surface area contributed by atoms with Gasteiger partial charge in [0.25, 0.3) is 0 Å². The van der Waals surface area contributed by atoms with Crippen molar-refractivity contribution in [1.29, 1.82) is 0 Å². The number of nitrogens with two attached hydrogens (primary N) is 1. The van der Waals surface area contributed by atoms with Gasteiger partial charge in [-0.1, -0.05) is 39.3 Å². The minimum absolute atomic E-state index is 0.451. The summed E-state index contributed by atoms with van der Waals surface area (Å²) in [5.74, 6) is 2.27. The molecule has 20 heavy (non-hydrogen) atoms. The first-order valence-corrected chi connectivity index (χ1v) is 8.02. The van der Waals surface area contributed by atoms with Crippen molar-refractivity contribution < 1.29 is 4.74 Å². The van der Waals surface area contributed by atoms with Crippen LogP contribution in [-0.2, 0) is 11.2 Å². The molecule has 2 heteroatoms. The molecule has 3 unspecified atom stereocenters. The van der Waals surface area contributed by atoms with Gasteiger partial charge in [-0.2, -0.15) is 0 Å². The van der Waals surface area contributed by atoms with E-state index < -0.39 is 0 Å². The molecular formula is C18H29NO. The lowest BCUT2D eigenvalue weighted by molar-refractivity contribution is -0.0369. The van der Waals surface area contributed by atoms with Crippen molar-refractivity contribution in [3.05, 3.63) is 29.8 Å². The van der Waals surface area contributed by atoms with Gasteiger partial charge in [0.15, 0.2) is 0 Å². The summed E-state index contributed by atoms with van der Waals surface area (Å²) >= 11 is 0. The van der Waals surface area contributed by atoms with E-state index in [-0.39, 0.29) is 0 Å². The van der Waals surface area contributed by atoms with E-state index in [0.717, 1.165) is 36.5 Å².